The highest BCUT2D eigenvalue weighted by atomic mass is 16.3. The fraction of sp³-hybridized carbons (Fsp3) is 0.0625. The number of fused-ring (bicyclic) bond motifs is 1. The van der Waals surface area contributed by atoms with Crippen LogP contribution in [0.25, 0.3) is 33.6 Å². The number of aryl methyl sites for hydroxylation is 1. The number of oxazole rings is 1. The van der Waals surface area contributed by atoms with Gasteiger partial charge in [-0.25, -0.2) is 4.98 Å². The number of nitrogens with zero attached hydrogens (tertiary/aromatic N) is 3. The van der Waals surface area contributed by atoms with Crippen LogP contribution in [-0.2, 0) is 0 Å². The Morgan fingerprint density at radius 2 is 2.10 bits per heavy atom. The summed E-state index contributed by atoms with van der Waals surface area (Å²) in [4.78, 5) is 8.74. The van der Waals surface area contributed by atoms with Crippen LogP contribution in [0.2, 0.25) is 0 Å². The zero-order valence-corrected chi connectivity index (χ0v) is 11.4. The van der Waals surface area contributed by atoms with Crippen molar-refractivity contribution in [1.82, 2.24) is 20.2 Å². The smallest absolute Gasteiger partial charge is 0.181 e. The molecule has 102 valence electrons. The molecular formula is C16H12N4O. The third-order valence-electron chi connectivity index (χ3n) is 3.43. The predicted octanol–water partition coefficient (Wildman–Crippen LogP) is 3.59. The Balaban J connectivity index is 1.88. The van der Waals surface area contributed by atoms with Gasteiger partial charge in [-0.15, -0.1) is 0 Å². The van der Waals surface area contributed by atoms with Crippen molar-refractivity contribution in [3.8, 4) is 22.5 Å². The van der Waals surface area contributed by atoms with Crippen LogP contribution in [-0.4, -0.2) is 20.2 Å². The minimum atomic E-state index is 0.775. The third-order valence-corrected chi connectivity index (χ3v) is 3.43. The number of hydrogen-bond donors (Lipinski definition) is 1. The molecule has 0 amide bonds. The van der Waals surface area contributed by atoms with Crippen molar-refractivity contribution in [3.63, 3.8) is 0 Å². The van der Waals surface area contributed by atoms with Crippen LogP contribution >= 0.6 is 0 Å². The van der Waals surface area contributed by atoms with Gasteiger partial charge in [-0.3, -0.25) is 10.1 Å². The fourth-order valence-corrected chi connectivity index (χ4v) is 2.41. The van der Waals surface area contributed by atoms with Crippen molar-refractivity contribution in [2.75, 3.05) is 0 Å². The second-order valence-electron chi connectivity index (χ2n) is 4.86. The topological polar surface area (TPSA) is 67.6 Å². The van der Waals surface area contributed by atoms with Gasteiger partial charge in [0, 0.05) is 11.3 Å². The lowest BCUT2D eigenvalue weighted by molar-refractivity contribution is 0.602. The van der Waals surface area contributed by atoms with E-state index in [1.54, 1.807) is 6.20 Å². The molecule has 0 saturated heterocycles. The number of rotatable bonds is 2. The highest BCUT2D eigenvalue weighted by Crippen LogP contribution is 2.30. The molecule has 0 bridgehead atoms. The van der Waals surface area contributed by atoms with Gasteiger partial charge in [0.25, 0.3) is 0 Å². The zero-order valence-electron chi connectivity index (χ0n) is 11.4. The Bertz CT molecular complexity index is 923. The Labute approximate surface area is 120 Å². The summed E-state index contributed by atoms with van der Waals surface area (Å²) in [6.45, 7) is 1.97. The van der Waals surface area contributed by atoms with Crippen molar-refractivity contribution in [3.05, 3.63) is 54.7 Å². The number of benzene rings is 1. The van der Waals surface area contributed by atoms with Gasteiger partial charge in [0.05, 0.1) is 17.6 Å². The molecule has 0 aliphatic heterocycles. The first-order chi connectivity index (χ1) is 10.3. The van der Waals surface area contributed by atoms with E-state index in [1.807, 2.05) is 43.3 Å². The summed E-state index contributed by atoms with van der Waals surface area (Å²) in [6, 6.07) is 11.8. The lowest BCUT2D eigenvalue weighted by Crippen LogP contribution is -1.88. The molecule has 5 nitrogen and oxygen atoms in total. The van der Waals surface area contributed by atoms with Gasteiger partial charge in [0.15, 0.2) is 12.0 Å². The number of H-pyrrole nitrogens is 1. The van der Waals surface area contributed by atoms with E-state index in [9.17, 15) is 0 Å². The average Bonchev–Trinajstić information content (AvgIpc) is 3.15. The van der Waals surface area contributed by atoms with Gasteiger partial charge in [-0.1, -0.05) is 12.1 Å². The van der Waals surface area contributed by atoms with Gasteiger partial charge in [0.2, 0.25) is 0 Å². The van der Waals surface area contributed by atoms with E-state index >= 15 is 0 Å². The molecule has 0 spiro atoms. The summed E-state index contributed by atoms with van der Waals surface area (Å²) < 4.78 is 5.27. The van der Waals surface area contributed by atoms with E-state index in [-0.39, 0.29) is 0 Å². The van der Waals surface area contributed by atoms with Crippen LogP contribution in [0.5, 0.6) is 0 Å². The number of nitrogens with one attached hydrogen (secondary N) is 1. The van der Waals surface area contributed by atoms with Crippen molar-refractivity contribution in [1.29, 1.82) is 0 Å². The van der Waals surface area contributed by atoms with Crippen LogP contribution in [0.3, 0.4) is 0 Å². The van der Waals surface area contributed by atoms with E-state index in [4.69, 9.17) is 4.42 Å². The first kappa shape index (κ1) is 11.8. The number of pyridine rings is 1. The molecule has 4 aromatic rings. The number of hydrogen-bond acceptors (Lipinski definition) is 4. The van der Waals surface area contributed by atoms with Gasteiger partial charge in [-0.05, 0) is 36.8 Å². The summed E-state index contributed by atoms with van der Waals surface area (Å²) in [6.07, 6.45) is 3.26. The summed E-state index contributed by atoms with van der Waals surface area (Å²) in [7, 11) is 0. The minimum absolute atomic E-state index is 0.775. The quantitative estimate of drug-likeness (QED) is 0.607. The maximum atomic E-state index is 5.27. The molecule has 3 heterocycles. The Hall–Kier alpha value is -2.95. The van der Waals surface area contributed by atoms with Crippen LogP contribution in [0.15, 0.2) is 53.4 Å². The predicted molar refractivity (Wildman–Crippen MR) is 79.6 cm³/mol. The van der Waals surface area contributed by atoms with E-state index in [0.717, 1.165) is 39.3 Å². The molecular weight excluding hydrogens is 264 g/mol. The van der Waals surface area contributed by atoms with Gasteiger partial charge >= 0.3 is 0 Å². The second-order valence-corrected chi connectivity index (χ2v) is 4.86. The third kappa shape index (κ3) is 1.99. The van der Waals surface area contributed by atoms with Crippen molar-refractivity contribution < 1.29 is 4.42 Å². The minimum Gasteiger partial charge on any atom is -0.443 e. The van der Waals surface area contributed by atoms with E-state index in [0.29, 0.717) is 0 Å². The molecule has 21 heavy (non-hydrogen) atoms. The molecule has 5 heteroatoms. The lowest BCUT2D eigenvalue weighted by Gasteiger charge is -2.04. The molecule has 0 saturated carbocycles. The first-order valence-electron chi connectivity index (χ1n) is 6.62. The van der Waals surface area contributed by atoms with Crippen molar-refractivity contribution >= 4 is 11.1 Å². The van der Waals surface area contributed by atoms with Crippen LogP contribution < -0.4 is 0 Å². The maximum Gasteiger partial charge on any atom is 0.181 e. The normalized spacial score (nSPS) is 11.1. The summed E-state index contributed by atoms with van der Waals surface area (Å²) in [5, 5.41) is 7.20. The van der Waals surface area contributed by atoms with Crippen LogP contribution in [0.1, 0.15) is 5.69 Å². The second kappa shape index (κ2) is 4.56. The summed E-state index contributed by atoms with van der Waals surface area (Å²) >= 11 is 0. The molecule has 0 unspecified atom stereocenters. The van der Waals surface area contributed by atoms with Crippen LogP contribution in [0.4, 0.5) is 0 Å². The molecule has 0 atom stereocenters. The molecule has 4 rings (SSSR count). The van der Waals surface area contributed by atoms with E-state index in [1.165, 1.54) is 6.39 Å². The first-order valence-corrected chi connectivity index (χ1v) is 6.62. The zero-order chi connectivity index (χ0) is 14.2. The average molecular weight is 276 g/mol. The molecule has 1 N–H and O–H groups in total. The number of aromatic amines is 1. The molecule has 0 aliphatic carbocycles. The Morgan fingerprint density at radius 3 is 3.00 bits per heavy atom. The summed E-state index contributed by atoms with van der Waals surface area (Å²) in [5.74, 6) is 0. The molecule has 3 aromatic heterocycles. The molecule has 1 aromatic carbocycles. The fourth-order valence-electron chi connectivity index (χ4n) is 2.41. The van der Waals surface area contributed by atoms with Crippen molar-refractivity contribution in [2.45, 2.75) is 6.92 Å². The molecule has 0 fully saturated rings. The van der Waals surface area contributed by atoms with Crippen LogP contribution in [0, 0.1) is 6.92 Å². The van der Waals surface area contributed by atoms with E-state index in [2.05, 4.69) is 20.2 Å². The van der Waals surface area contributed by atoms with Gasteiger partial charge in [-0.2, -0.15) is 5.10 Å². The van der Waals surface area contributed by atoms with Gasteiger partial charge in [0.1, 0.15) is 5.52 Å². The standard InChI is InChI=1S/C16H12N4O/c1-10-3-2-4-13(19-10)16-12(8-18-20-16)11-5-6-15-14(7-11)17-9-21-15/h2-9H,1H3,(H,18,20). The molecule has 0 aliphatic rings. The summed E-state index contributed by atoms with van der Waals surface area (Å²) in [5.41, 5.74) is 6.39. The highest BCUT2D eigenvalue weighted by Gasteiger charge is 2.12. The Kier molecular flexibility index (Phi) is 2.57. The maximum absolute atomic E-state index is 5.27. The highest BCUT2D eigenvalue weighted by molar-refractivity contribution is 5.85. The Morgan fingerprint density at radius 1 is 1.14 bits per heavy atom. The SMILES string of the molecule is Cc1cccc(-c2[nH]ncc2-c2ccc3ocnc3c2)n1. The van der Waals surface area contributed by atoms with Gasteiger partial charge < -0.3 is 4.42 Å². The lowest BCUT2D eigenvalue weighted by atomic mass is 10.0. The molecule has 0 radical (unpaired) electrons. The largest absolute Gasteiger partial charge is 0.443 e. The number of aromatic nitrogens is 4. The monoisotopic (exact) mass is 276 g/mol. The van der Waals surface area contributed by atoms with E-state index < -0.39 is 0 Å². The van der Waals surface area contributed by atoms with Crippen molar-refractivity contribution in [2.24, 2.45) is 0 Å².